The van der Waals surface area contributed by atoms with Gasteiger partial charge in [0.15, 0.2) is 11.3 Å². The SMILES string of the molecule is COc1ccc(S(=O)(=O)N2C(=O)C(c3ccccc3OC)(N3CC(F)C[C@H]3C(=O)OC(C)(C)C)c3cc(Cl)ccc32)c(OC(F)(F)F)c1. The molecule has 48 heavy (non-hydrogen) atoms. The van der Waals surface area contributed by atoms with Crippen molar-refractivity contribution < 1.29 is 54.5 Å². The molecule has 5 rings (SSSR count). The Morgan fingerprint density at radius 1 is 0.958 bits per heavy atom. The number of carbonyl (C=O) groups excluding carboxylic acids is 2. The summed E-state index contributed by atoms with van der Waals surface area (Å²) in [5, 5.41) is 0.0374. The maximum absolute atomic E-state index is 15.5. The van der Waals surface area contributed by atoms with Gasteiger partial charge < -0.3 is 18.9 Å². The predicted octanol–water partition coefficient (Wildman–Crippen LogP) is 5.99. The van der Waals surface area contributed by atoms with E-state index in [4.69, 9.17) is 25.8 Å². The fraction of sp³-hybridized carbons (Fsp3) is 0.375. The van der Waals surface area contributed by atoms with E-state index in [9.17, 15) is 26.4 Å². The molecule has 10 nitrogen and oxygen atoms in total. The molecule has 2 unspecified atom stereocenters. The number of rotatable bonds is 8. The van der Waals surface area contributed by atoms with Crippen molar-refractivity contribution in [2.75, 3.05) is 25.1 Å². The molecule has 1 amide bonds. The second-order valence-corrected chi connectivity index (χ2v) is 14.2. The molecule has 258 valence electrons. The number of ether oxygens (including phenoxy) is 4. The highest BCUT2D eigenvalue weighted by Crippen LogP contribution is 2.55. The van der Waals surface area contributed by atoms with Gasteiger partial charge >= 0.3 is 12.3 Å². The minimum Gasteiger partial charge on any atom is -0.497 e. The van der Waals surface area contributed by atoms with Gasteiger partial charge in [0.05, 0.1) is 19.9 Å². The van der Waals surface area contributed by atoms with Crippen LogP contribution < -0.4 is 18.5 Å². The second-order valence-electron chi connectivity index (χ2n) is 12.0. The van der Waals surface area contributed by atoms with Crippen LogP contribution in [-0.2, 0) is 29.9 Å². The summed E-state index contributed by atoms with van der Waals surface area (Å²) in [6.07, 6.45) is -7.42. The van der Waals surface area contributed by atoms with Crippen molar-refractivity contribution >= 4 is 39.2 Å². The van der Waals surface area contributed by atoms with Crippen LogP contribution in [0.15, 0.2) is 65.6 Å². The Labute approximate surface area is 279 Å². The number of anilines is 1. The van der Waals surface area contributed by atoms with Crippen molar-refractivity contribution in [3.05, 3.63) is 76.8 Å². The number of hydrogen-bond donors (Lipinski definition) is 0. The summed E-state index contributed by atoms with van der Waals surface area (Å²) in [7, 11) is -2.82. The number of carbonyl (C=O) groups is 2. The number of alkyl halides is 4. The van der Waals surface area contributed by atoms with E-state index in [-0.39, 0.29) is 33.3 Å². The molecule has 0 radical (unpaired) electrons. The van der Waals surface area contributed by atoms with Crippen LogP contribution in [-0.4, -0.2) is 70.1 Å². The Morgan fingerprint density at radius 3 is 2.27 bits per heavy atom. The highest BCUT2D eigenvalue weighted by Gasteiger charge is 2.64. The van der Waals surface area contributed by atoms with E-state index in [0.29, 0.717) is 10.4 Å². The number of esters is 1. The van der Waals surface area contributed by atoms with Gasteiger partial charge in [0.1, 0.15) is 34.2 Å². The zero-order chi connectivity index (χ0) is 35.4. The summed E-state index contributed by atoms with van der Waals surface area (Å²) in [6.45, 7) is 4.27. The molecule has 0 N–H and O–H groups in total. The van der Waals surface area contributed by atoms with Crippen molar-refractivity contribution in [2.24, 2.45) is 0 Å². The molecule has 1 saturated heterocycles. The predicted molar refractivity (Wildman–Crippen MR) is 165 cm³/mol. The summed E-state index contributed by atoms with van der Waals surface area (Å²) in [5.74, 6) is -3.42. The quantitative estimate of drug-likeness (QED) is 0.205. The zero-order valence-electron chi connectivity index (χ0n) is 26.3. The summed E-state index contributed by atoms with van der Waals surface area (Å²) in [4.78, 5) is 29.0. The second kappa shape index (κ2) is 12.4. The van der Waals surface area contributed by atoms with E-state index in [1.54, 1.807) is 26.8 Å². The highest BCUT2D eigenvalue weighted by atomic mass is 35.5. The first-order valence-electron chi connectivity index (χ1n) is 14.5. The van der Waals surface area contributed by atoms with Crippen LogP contribution in [0, 0.1) is 0 Å². The summed E-state index contributed by atoms with van der Waals surface area (Å²) >= 11 is 6.44. The fourth-order valence-electron chi connectivity index (χ4n) is 6.10. The Balaban J connectivity index is 1.83. The minimum absolute atomic E-state index is 0.0165. The molecule has 2 heterocycles. The van der Waals surface area contributed by atoms with Crippen LogP contribution in [0.4, 0.5) is 23.2 Å². The van der Waals surface area contributed by atoms with Crippen LogP contribution in [0.3, 0.4) is 0 Å². The van der Waals surface area contributed by atoms with E-state index in [1.165, 1.54) is 48.4 Å². The van der Waals surface area contributed by atoms with Crippen molar-refractivity contribution in [3.8, 4) is 17.2 Å². The van der Waals surface area contributed by atoms with Gasteiger partial charge in [0.25, 0.3) is 15.9 Å². The first-order chi connectivity index (χ1) is 22.3. The van der Waals surface area contributed by atoms with Gasteiger partial charge in [-0.15, -0.1) is 13.2 Å². The van der Waals surface area contributed by atoms with Crippen LogP contribution >= 0.6 is 11.6 Å². The Morgan fingerprint density at radius 2 is 1.65 bits per heavy atom. The number of halogens is 5. The summed E-state index contributed by atoms with van der Waals surface area (Å²) < 4.78 is 106. The molecule has 1 fully saturated rings. The van der Waals surface area contributed by atoms with Gasteiger partial charge in [-0.25, -0.2) is 17.1 Å². The lowest BCUT2D eigenvalue weighted by atomic mass is 9.81. The number of hydrogen-bond acceptors (Lipinski definition) is 9. The molecule has 0 spiro atoms. The van der Waals surface area contributed by atoms with Gasteiger partial charge in [0, 0.05) is 35.2 Å². The van der Waals surface area contributed by atoms with Crippen molar-refractivity contribution in [2.45, 2.75) is 61.8 Å². The molecule has 16 heteroatoms. The first kappa shape index (κ1) is 35.2. The maximum Gasteiger partial charge on any atom is 0.573 e. The van der Waals surface area contributed by atoms with E-state index < -0.39 is 75.2 Å². The van der Waals surface area contributed by atoms with E-state index in [2.05, 4.69) is 4.74 Å². The molecule has 3 atom stereocenters. The van der Waals surface area contributed by atoms with E-state index >= 15 is 9.18 Å². The number of likely N-dealkylation sites (tertiary alicyclic amines) is 1. The normalized spacial score (nSPS) is 21.6. The fourth-order valence-corrected chi connectivity index (χ4v) is 7.83. The van der Waals surface area contributed by atoms with Crippen LogP contribution in [0.5, 0.6) is 17.2 Å². The summed E-state index contributed by atoms with van der Waals surface area (Å²) in [5.41, 5.74) is -3.73. The first-order valence-corrected chi connectivity index (χ1v) is 16.3. The molecule has 2 aliphatic heterocycles. The molecule has 0 bridgehead atoms. The largest absolute Gasteiger partial charge is 0.573 e. The average molecular weight is 715 g/mol. The molecule has 0 aromatic heterocycles. The average Bonchev–Trinajstić information content (AvgIpc) is 3.50. The third kappa shape index (κ3) is 6.14. The van der Waals surface area contributed by atoms with Gasteiger partial charge in [-0.05, 0) is 57.2 Å². The third-order valence-electron chi connectivity index (χ3n) is 7.81. The highest BCUT2D eigenvalue weighted by molar-refractivity contribution is 7.93. The lowest BCUT2D eigenvalue weighted by Gasteiger charge is -2.41. The number of fused-ring (bicyclic) bond motifs is 1. The molecular weight excluding hydrogens is 684 g/mol. The smallest absolute Gasteiger partial charge is 0.497 e. The van der Waals surface area contributed by atoms with Crippen molar-refractivity contribution in [1.29, 1.82) is 0 Å². The van der Waals surface area contributed by atoms with E-state index in [0.717, 1.165) is 19.2 Å². The van der Waals surface area contributed by atoms with Gasteiger partial charge in [-0.3, -0.25) is 14.5 Å². The topological polar surface area (TPSA) is 112 Å². The summed E-state index contributed by atoms with van der Waals surface area (Å²) in [6, 6.07) is 11.0. The molecule has 0 aliphatic carbocycles. The molecule has 0 saturated carbocycles. The van der Waals surface area contributed by atoms with E-state index in [1.807, 2.05) is 0 Å². The zero-order valence-corrected chi connectivity index (χ0v) is 27.9. The lowest BCUT2D eigenvalue weighted by Crippen LogP contribution is -2.58. The standard InChI is InChI=1S/C32H31ClF4N2O8S/c1-30(2,3)47-28(40)24-15-19(34)17-38(24)31(21-8-6-7-9-25(21)45-5)22-14-18(33)10-12-23(22)39(29(31)41)48(42,43)27-13-11-20(44-4)16-26(27)46-32(35,36)37/h6-14,16,19,24H,15,17H2,1-5H3/t19?,24-,31?/m0/s1. The number of sulfonamides is 1. The molecule has 2 aliphatic rings. The van der Waals surface area contributed by atoms with Crippen molar-refractivity contribution in [1.82, 2.24) is 4.90 Å². The maximum atomic E-state index is 15.5. The van der Waals surface area contributed by atoms with Crippen LogP contribution in [0.25, 0.3) is 0 Å². The monoisotopic (exact) mass is 714 g/mol. The van der Waals surface area contributed by atoms with Gasteiger partial charge in [-0.1, -0.05) is 29.8 Å². The van der Waals surface area contributed by atoms with Gasteiger partial charge in [-0.2, -0.15) is 0 Å². The number of para-hydroxylation sites is 1. The number of nitrogens with zero attached hydrogens (tertiary/aromatic N) is 2. The lowest BCUT2D eigenvalue weighted by molar-refractivity contribution is -0.275. The van der Waals surface area contributed by atoms with Crippen LogP contribution in [0.1, 0.15) is 38.3 Å². The Bertz CT molecular complexity index is 1870. The molecule has 3 aromatic carbocycles. The number of benzene rings is 3. The molecular formula is C32H31ClF4N2O8S. The minimum atomic E-state index is -5.33. The third-order valence-corrected chi connectivity index (χ3v) is 9.78. The molecule has 3 aromatic rings. The Kier molecular flexibility index (Phi) is 9.12. The van der Waals surface area contributed by atoms with Gasteiger partial charge in [0.2, 0.25) is 0 Å². The Hall–Kier alpha value is -4.08. The van der Waals surface area contributed by atoms with Crippen LogP contribution in [0.2, 0.25) is 5.02 Å². The number of methoxy groups -OCH3 is 2. The number of amides is 1. The van der Waals surface area contributed by atoms with Crippen molar-refractivity contribution in [3.63, 3.8) is 0 Å².